The van der Waals surface area contributed by atoms with Crippen molar-refractivity contribution in [1.82, 2.24) is 14.9 Å². The number of hydrogen-bond donors (Lipinski definition) is 1. The van der Waals surface area contributed by atoms with Gasteiger partial charge >= 0.3 is 6.18 Å². The molecule has 1 N–H and O–H groups in total. The molecule has 1 amide bonds. The van der Waals surface area contributed by atoms with Crippen LogP contribution in [0.2, 0.25) is 0 Å². The minimum atomic E-state index is -4.35. The summed E-state index contributed by atoms with van der Waals surface area (Å²) in [6.07, 6.45) is -0.122. The molecule has 7 heteroatoms. The van der Waals surface area contributed by atoms with Gasteiger partial charge in [0.05, 0.1) is 17.6 Å². The molecule has 0 spiro atoms. The Morgan fingerprint density at radius 3 is 2.96 bits per heavy atom. The maximum absolute atomic E-state index is 12.8. The smallest absolute Gasteiger partial charge is 0.348 e. The summed E-state index contributed by atoms with van der Waals surface area (Å²) in [6, 6.07) is 5.27. The zero-order chi connectivity index (χ0) is 18.0. The van der Waals surface area contributed by atoms with Crippen LogP contribution in [-0.2, 0) is 30.2 Å². The molecule has 1 atom stereocenters. The van der Waals surface area contributed by atoms with E-state index in [4.69, 9.17) is 0 Å². The third-order valence-electron chi connectivity index (χ3n) is 4.71. The molecule has 3 rings (SSSR count). The summed E-state index contributed by atoms with van der Waals surface area (Å²) in [4.78, 5) is 21.5. The highest BCUT2D eigenvalue weighted by Gasteiger charge is 2.31. The zero-order valence-electron chi connectivity index (χ0n) is 13.9. The minimum absolute atomic E-state index is 0.0284. The van der Waals surface area contributed by atoms with Gasteiger partial charge < -0.3 is 9.88 Å². The third kappa shape index (κ3) is 4.03. The van der Waals surface area contributed by atoms with Crippen LogP contribution >= 0.6 is 0 Å². The first-order valence-corrected chi connectivity index (χ1v) is 8.27. The van der Waals surface area contributed by atoms with Crippen molar-refractivity contribution >= 4 is 5.91 Å². The van der Waals surface area contributed by atoms with E-state index in [9.17, 15) is 18.0 Å². The predicted octanol–water partition coefficient (Wildman–Crippen LogP) is 3.23. The van der Waals surface area contributed by atoms with E-state index in [2.05, 4.69) is 9.97 Å². The van der Waals surface area contributed by atoms with E-state index in [-0.39, 0.29) is 11.8 Å². The number of nitrogens with zero attached hydrogens (tertiary/aromatic N) is 2. The summed E-state index contributed by atoms with van der Waals surface area (Å²) in [6.45, 7) is 0.393. The number of amides is 1. The van der Waals surface area contributed by atoms with Crippen LogP contribution in [0.3, 0.4) is 0 Å². The van der Waals surface area contributed by atoms with Crippen molar-refractivity contribution in [2.24, 2.45) is 5.92 Å². The van der Waals surface area contributed by atoms with E-state index < -0.39 is 11.7 Å². The van der Waals surface area contributed by atoms with Crippen LogP contribution in [0.5, 0.6) is 0 Å². The average Bonchev–Trinajstić information content (AvgIpc) is 3.06. The summed E-state index contributed by atoms with van der Waals surface area (Å²) in [5, 5.41) is 0. The van der Waals surface area contributed by atoms with Gasteiger partial charge in [-0.3, -0.25) is 4.79 Å². The fourth-order valence-electron chi connectivity index (χ4n) is 3.23. The number of rotatable bonds is 4. The number of nitrogens with one attached hydrogen (secondary N) is 1. The zero-order valence-corrected chi connectivity index (χ0v) is 13.9. The number of fused-ring (bicyclic) bond motifs is 1. The van der Waals surface area contributed by atoms with Gasteiger partial charge in [-0.25, -0.2) is 4.98 Å². The van der Waals surface area contributed by atoms with Crippen molar-refractivity contribution in [2.75, 3.05) is 13.6 Å². The number of carbonyl (C=O) groups excluding carboxylic acids is 1. The van der Waals surface area contributed by atoms with Crippen molar-refractivity contribution in [1.29, 1.82) is 0 Å². The molecule has 0 radical (unpaired) electrons. The average molecular weight is 351 g/mol. The van der Waals surface area contributed by atoms with Crippen molar-refractivity contribution in [3.8, 4) is 0 Å². The SMILES string of the molecule is CN(CCc1cccc(C(F)(F)F)c1)C(=O)C1CCc2[nH]cnc2C1. The van der Waals surface area contributed by atoms with Gasteiger partial charge in [-0.05, 0) is 30.9 Å². The normalized spacial score (nSPS) is 17.2. The second-order valence-electron chi connectivity index (χ2n) is 6.48. The number of benzene rings is 1. The van der Waals surface area contributed by atoms with Crippen LogP contribution in [0, 0.1) is 5.92 Å². The lowest BCUT2D eigenvalue weighted by atomic mass is 9.89. The fourth-order valence-corrected chi connectivity index (χ4v) is 3.23. The summed E-state index contributed by atoms with van der Waals surface area (Å²) in [5.41, 5.74) is 1.96. The highest BCUT2D eigenvalue weighted by molar-refractivity contribution is 5.79. The molecule has 1 aliphatic carbocycles. The Kier molecular flexibility index (Phi) is 4.83. The summed E-state index contributed by atoms with van der Waals surface area (Å²) in [5.74, 6) is -0.0806. The second-order valence-corrected chi connectivity index (χ2v) is 6.48. The Balaban J connectivity index is 1.58. The first-order chi connectivity index (χ1) is 11.8. The Bertz CT molecular complexity index is 754. The van der Waals surface area contributed by atoms with Crippen molar-refractivity contribution in [3.63, 3.8) is 0 Å². The monoisotopic (exact) mass is 351 g/mol. The van der Waals surface area contributed by atoms with E-state index in [1.807, 2.05) is 0 Å². The van der Waals surface area contributed by atoms with Crippen LogP contribution < -0.4 is 0 Å². The molecule has 0 bridgehead atoms. The molecular formula is C18H20F3N3O. The Labute approximate surface area is 144 Å². The molecule has 134 valence electrons. The summed E-state index contributed by atoms with van der Waals surface area (Å²) >= 11 is 0. The van der Waals surface area contributed by atoms with Gasteiger partial charge in [0.2, 0.25) is 5.91 Å². The molecule has 0 saturated heterocycles. The van der Waals surface area contributed by atoms with Gasteiger partial charge in [-0.2, -0.15) is 13.2 Å². The van der Waals surface area contributed by atoms with Gasteiger partial charge in [0.15, 0.2) is 0 Å². The number of carbonyl (C=O) groups is 1. The lowest BCUT2D eigenvalue weighted by Gasteiger charge is -2.26. The van der Waals surface area contributed by atoms with Crippen molar-refractivity contribution in [3.05, 3.63) is 53.1 Å². The minimum Gasteiger partial charge on any atom is -0.348 e. The Morgan fingerprint density at radius 1 is 1.40 bits per heavy atom. The van der Waals surface area contributed by atoms with E-state index in [1.165, 1.54) is 6.07 Å². The van der Waals surface area contributed by atoms with E-state index in [1.54, 1.807) is 24.3 Å². The first-order valence-electron chi connectivity index (χ1n) is 8.27. The first kappa shape index (κ1) is 17.5. The lowest BCUT2D eigenvalue weighted by molar-refractivity contribution is -0.138. The molecule has 25 heavy (non-hydrogen) atoms. The molecule has 1 aliphatic rings. The predicted molar refractivity (Wildman–Crippen MR) is 86.9 cm³/mol. The number of aryl methyl sites for hydroxylation is 1. The van der Waals surface area contributed by atoms with Crippen LogP contribution in [0.15, 0.2) is 30.6 Å². The molecule has 1 heterocycles. The number of halogens is 3. The quantitative estimate of drug-likeness (QED) is 0.919. The van der Waals surface area contributed by atoms with E-state index in [0.717, 1.165) is 36.4 Å². The largest absolute Gasteiger partial charge is 0.416 e. The van der Waals surface area contributed by atoms with Gasteiger partial charge in [-0.15, -0.1) is 0 Å². The summed E-state index contributed by atoms with van der Waals surface area (Å²) < 4.78 is 38.3. The van der Waals surface area contributed by atoms with Gasteiger partial charge in [0.1, 0.15) is 0 Å². The molecule has 1 unspecified atom stereocenters. The van der Waals surface area contributed by atoms with Crippen LogP contribution in [0.25, 0.3) is 0 Å². The number of aromatic amines is 1. The topological polar surface area (TPSA) is 49.0 Å². The highest BCUT2D eigenvalue weighted by atomic mass is 19.4. The molecule has 0 aliphatic heterocycles. The van der Waals surface area contributed by atoms with E-state index >= 15 is 0 Å². The van der Waals surface area contributed by atoms with E-state index in [0.29, 0.717) is 24.9 Å². The van der Waals surface area contributed by atoms with Gasteiger partial charge in [0, 0.05) is 31.6 Å². The van der Waals surface area contributed by atoms with Crippen molar-refractivity contribution < 1.29 is 18.0 Å². The second kappa shape index (κ2) is 6.90. The highest BCUT2D eigenvalue weighted by Crippen LogP contribution is 2.29. The van der Waals surface area contributed by atoms with Crippen molar-refractivity contribution in [2.45, 2.75) is 31.9 Å². The molecule has 2 aromatic rings. The molecule has 4 nitrogen and oxygen atoms in total. The standard InChI is InChI=1S/C18H20F3N3O/c1-24(8-7-12-3-2-4-14(9-12)18(19,20)21)17(25)13-5-6-15-16(10-13)23-11-22-15/h2-4,9,11,13H,5-8,10H2,1H3,(H,22,23). The number of hydrogen-bond acceptors (Lipinski definition) is 2. The number of aromatic nitrogens is 2. The fraction of sp³-hybridized carbons (Fsp3) is 0.444. The number of imidazole rings is 1. The molecule has 0 fully saturated rings. The molecule has 0 saturated carbocycles. The third-order valence-corrected chi connectivity index (χ3v) is 4.71. The molecule has 1 aromatic heterocycles. The lowest BCUT2D eigenvalue weighted by Crippen LogP contribution is -2.37. The Morgan fingerprint density at radius 2 is 2.20 bits per heavy atom. The molecule has 1 aromatic carbocycles. The van der Waals surface area contributed by atoms with Crippen LogP contribution in [-0.4, -0.2) is 34.4 Å². The maximum Gasteiger partial charge on any atom is 0.416 e. The number of H-pyrrole nitrogens is 1. The van der Waals surface area contributed by atoms with Crippen LogP contribution in [0.4, 0.5) is 13.2 Å². The Hall–Kier alpha value is -2.31. The number of alkyl halides is 3. The molecular weight excluding hydrogens is 331 g/mol. The maximum atomic E-state index is 12.8. The van der Waals surface area contributed by atoms with Gasteiger partial charge in [-0.1, -0.05) is 18.2 Å². The van der Waals surface area contributed by atoms with Gasteiger partial charge in [0.25, 0.3) is 0 Å². The summed E-state index contributed by atoms with van der Waals surface area (Å²) in [7, 11) is 1.70. The van der Waals surface area contributed by atoms with Crippen LogP contribution in [0.1, 0.15) is 28.9 Å². The number of likely N-dealkylation sites (N-methyl/N-ethyl adjacent to an activating group) is 1.